The number of aromatic nitrogens is 2. The predicted molar refractivity (Wildman–Crippen MR) is 84.0 cm³/mol. The number of hydrogen-bond acceptors (Lipinski definition) is 5. The van der Waals surface area contributed by atoms with Crippen LogP contribution in [-0.4, -0.2) is 48.3 Å². The van der Waals surface area contributed by atoms with Crippen LogP contribution in [0.2, 0.25) is 0 Å². The highest BCUT2D eigenvalue weighted by Crippen LogP contribution is 2.37. The van der Waals surface area contributed by atoms with Crippen molar-refractivity contribution in [2.75, 3.05) is 38.1 Å². The zero-order chi connectivity index (χ0) is 17.8. The van der Waals surface area contributed by atoms with Gasteiger partial charge in [-0.3, -0.25) is 0 Å². The second-order valence-electron chi connectivity index (χ2n) is 6.15. The summed E-state index contributed by atoms with van der Waals surface area (Å²) in [6.45, 7) is 3.03. The minimum Gasteiger partial charge on any atom is -0.363 e. The molecule has 9 heteroatoms. The van der Waals surface area contributed by atoms with E-state index in [1.54, 1.807) is 0 Å². The summed E-state index contributed by atoms with van der Waals surface area (Å²) in [4.78, 5) is 8.53. The normalized spacial score (nSPS) is 16.9. The highest BCUT2D eigenvalue weighted by Gasteiger charge is 2.35. The number of nitrogens with zero attached hydrogens (tertiary/aromatic N) is 4. The Morgan fingerprint density at radius 3 is 2.48 bits per heavy atom. The van der Waals surface area contributed by atoms with Crippen molar-refractivity contribution >= 4 is 27.6 Å². The van der Waals surface area contributed by atoms with Crippen LogP contribution in [0.1, 0.15) is 5.56 Å². The van der Waals surface area contributed by atoms with Crippen LogP contribution in [0.4, 0.5) is 23.4 Å². The lowest BCUT2D eigenvalue weighted by molar-refractivity contribution is -0.139. The van der Waals surface area contributed by atoms with Crippen LogP contribution in [0.25, 0.3) is 21.8 Å². The van der Waals surface area contributed by atoms with Crippen molar-refractivity contribution < 1.29 is 22.1 Å². The number of piperazine rings is 1. The van der Waals surface area contributed by atoms with Gasteiger partial charge in [0.25, 0.3) is 0 Å². The van der Waals surface area contributed by atoms with Gasteiger partial charge in [-0.2, -0.15) is 13.2 Å². The molecule has 2 aromatic heterocycles. The Labute approximate surface area is 139 Å². The number of alkyl halides is 3. The number of rotatable bonds is 1. The molecule has 0 unspecified atom stereocenters. The SMILES string of the molecule is CN1CCN(c2nc3cc(F)c(C(F)(F)F)cc3c3conc23)CC1. The van der Waals surface area contributed by atoms with Crippen molar-refractivity contribution in [2.45, 2.75) is 6.18 Å². The third kappa shape index (κ3) is 2.68. The number of pyridine rings is 1. The van der Waals surface area contributed by atoms with Gasteiger partial charge in [0.15, 0.2) is 11.3 Å². The average Bonchev–Trinajstić information content (AvgIpc) is 3.03. The third-order valence-electron chi connectivity index (χ3n) is 4.49. The fourth-order valence-electron chi connectivity index (χ4n) is 3.08. The first-order valence-electron chi connectivity index (χ1n) is 7.72. The fourth-order valence-corrected chi connectivity index (χ4v) is 3.08. The smallest absolute Gasteiger partial charge is 0.363 e. The van der Waals surface area contributed by atoms with Crippen molar-refractivity contribution in [1.29, 1.82) is 0 Å². The van der Waals surface area contributed by atoms with E-state index in [-0.39, 0.29) is 10.9 Å². The van der Waals surface area contributed by atoms with E-state index in [2.05, 4.69) is 15.0 Å². The molecule has 0 bridgehead atoms. The van der Waals surface area contributed by atoms with E-state index in [1.807, 2.05) is 11.9 Å². The minimum atomic E-state index is -4.78. The van der Waals surface area contributed by atoms with E-state index in [9.17, 15) is 17.6 Å². The van der Waals surface area contributed by atoms with Crippen LogP contribution >= 0.6 is 0 Å². The number of fused-ring (bicyclic) bond motifs is 3. The van der Waals surface area contributed by atoms with Crippen molar-refractivity contribution in [3.63, 3.8) is 0 Å². The summed E-state index contributed by atoms with van der Waals surface area (Å²) in [5, 5.41) is 4.47. The van der Waals surface area contributed by atoms with Crippen LogP contribution in [0.5, 0.6) is 0 Å². The van der Waals surface area contributed by atoms with Gasteiger partial charge in [-0.25, -0.2) is 9.37 Å². The molecule has 0 spiro atoms. The number of hydrogen-bond donors (Lipinski definition) is 0. The molecule has 0 saturated carbocycles. The molecule has 1 aliphatic rings. The first-order valence-corrected chi connectivity index (χ1v) is 7.72. The molecule has 1 saturated heterocycles. The van der Waals surface area contributed by atoms with Crippen molar-refractivity contribution in [3.05, 3.63) is 29.8 Å². The topological polar surface area (TPSA) is 45.4 Å². The van der Waals surface area contributed by atoms with E-state index in [0.717, 1.165) is 25.2 Å². The molecule has 1 aromatic carbocycles. The average molecular weight is 354 g/mol. The lowest BCUT2D eigenvalue weighted by Gasteiger charge is -2.33. The number of likely N-dealkylation sites (N-methyl/N-ethyl adjacent to an activating group) is 1. The lowest BCUT2D eigenvalue weighted by atomic mass is 10.1. The first-order chi connectivity index (χ1) is 11.8. The van der Waals surface area contributed by atoms with E-state index in [4.69, 9.17) is 4.52 Å². The molecular weight excluding hydrogens is 340 g/mol. The monoisotopic (exact) mass is 354 g/mol. The third-order valence-corrected chi connectivity index (χ3v) is 4.49. The summed E-state index contributed by atoms with van der Waals surface area (Å²) in [7, 11) is 2.00. The largest absolute Gasteiger partial charge is 0.419 e. The molecule has 1 fully saturated rings. The summed E-state index contributed by atoms with van der Waals surface area (Å²) in [6, 6.07) is 1.59. The maximum Gasteiger partial charge on any atom is 0.419 e. The van der Waals surface area contributed by atoms with Gasteiger partial charge in [0.1, 0.15) is 12.1 Å². The van der Waals surface area contributed by atoms with Crippen LogP contribution in [-0.2, 0) is 6.18 Å². The van der Waals surface area contributed by atoms with Gasteiger partial charge in [-0.15, -0.1) is 0 Å². The quantitative estimate of drug-likeness (QED) is 0.628. The summed E-state index contributed by atoms with van der Waals surface area (Å²) in [6.07, 6.45) is -3.51. The molecule has 1 aliphatic heterocycles. The molecule has 3 heterocycles. The molecule has 0 amide bonds. The molecule has 132 valence electrons. The summed E-state index contributed by atoms with van der Waals surface area (Å²) >= 11 is 0. The lowest BCUT2D eigenvalue weighted by Crippen LogP contribution is -2.44. The predicted octanol–water partition coefficient (Wildman–Crippen LogP) is 3.29. The zero-order valence-electron chi connectivity index (χ0n) is 13.3. The standard InChI is InChI=1S/C16H14F4N4O/c1-23-2-4-24(5-3-23)15-14-10(8-25-22-14)9-6-11(16(18,19)20)12(17)7-13(9)21-15/h6-8H,2-5H2,1H3. The van der Waals surface area contributed by atoms with Gasteiger partial charge in [0.2, 0.25) is 0 Å². The highest BCUT2D eigenvalue weighted by atomic mass is 19.4. The van der Waals surface area contributed by atoms with Crippen LogP contribution in [0.15, 0.2) is 22.9 Å². The zero-order valence-corrected chi connectivity index (χ0v) is 13.3. The van der Waals surface area contributed by atoms with Gasteiger partial charge >= 0.3 is 6.18 Å². The Hall–Kier alpha value is -2.42. The molecular formula is C16H14F4N4O. The minimum absolute atomic E-state index is 0.148. The Morgan fingerprint density at radius 2 is 1.80 bits per heavy atom. The van der Waals surface area contributed by atoms with Gasteiger partial charge < -0.3 is 14.3 Å². The maximum atomic E-state index is 13.9. The summed E-state index contributed by atoms with van der Waals surface area (Å²) in [5.74, 6) is -0.837. The molecule has 5 nitrogen and oxygen atoms in total. The second kappa shape index (κ2) is 5.55. The molecule has 4 rings (SSSR count). The van der Waals surface area contributed by atoms with Gasteiger partial charge in [0.05, 0.1) is 16.5 Å². The molecule has 0 aliphatic carbocycles. The molecule has 0 atom stereocenters. The number of anilines is 1. The van der Waals surface area contributed by atoms with E-state index in [1.165, 1.54) is 6.26 Å². The maximum absolute atomic E-state index is 13.9. The van der Waals surface area contributed by atoms with Gasteiger partial charge in [0, 0.05) is 37.6 Å². The summed E-state index contributed by atoms with van der Waals surface area (Å²) < 4.78 is 57.9. The fraction of sp³-hybridized carbons (Fsp3) is 0.375. The molecule has 25 heavy (non-hydrogen) atoms. The van der Waals surface area contributed by atoms with Crippen molar-refractivity contribution in [2.24, 2.45) is 0 Å². The molecule has 0 N–H and O–H groups in total. The summed E-state index contributed by atoms with van der Waals surface area (Å²) in [5.41, 5.74) is -0.788. The number of halogens is 4. The van der Waals surface area contributed by atoms with E-state index in [0.29, 0.717) is 29.8 Å². The van der Waals surface area contributed by atoms with Gasteiger partial charge in [-0.05, 0) is 13.1 Å². The Balaban J connectivity index is 1.93. The van der Waals surface area contributed by atoms with Gasteiger partial charge in [-0.1, -0.05) is 5.16 Å². The van der Waals surface area contributed by atoms with Crippen LogP contribution in [0, 0.1) is 5.82 Å². The van der Waals surface area contributed by atoms with Crippen molar-refractivity contribution in [1.82, 2.24) is 15.0 Å². The number of benzene rings is 1. The van der Waals surface area contributed by atoms with E-state index < -0.39 is 17.6 Å². The van der Waals surface area contributed by atoms with E-state index >= 15 is 0 Å². The van der Waals surface area contributed by atoms with Crippen molar-refractivity contribution in [3.8, 4) is 0 Å². The molecule has 0 radical (unpaired) electrons. The Kier molecular flexibility index (Phi) is 3.57. The van der Waals surface area contributed by atoms with Crippen LogP contribution in [0.3, 0.4) is 0 Å². The first kappa shape index (κ1) is 16.1. The Bertz CT molecular complexity index is 945. The highest BCUT2D eigenvalue weighted by molar-refractivity contribution is 6.08. The molecule has 3 aromatic rings. The van der Waals surface area contributed by atoms with Crippen LogP contribution < -0.4 is 4.90 Å². The Morgan fingerprint density at radius 1 is 1.08 bits per heavy atom. The second-order valence-corrected chi connectivity index (χ2v) is 6.15.